The summed E-state index contributed by atoms with van der Waals surface area (Å²) in [6.45, 7) is 2.06. The van der Waals surface area contributed by atoms with E-state index < -0.39 is 0 Å². The van der Waals surface area contributed by atoms with Crippen LogP contribution in [0.4, 0.5) is 0 Å². The van der Waals surface area contributed by atoms with Crippen LogP contribution < -0.4 is 0 Å². The molecule has 2 heterocycles. The van der Waals surface area contributed by atoms with Gasteiger partial charge in [-0.05, 0) is 19.4 Å². The van der Waals surface area contributed by atoms with E-state index in [4.69, 9.17) is 4.52 Å². The predicted molar refractivity (Wildman–Crippen MR) is 56.3 cm³/mol. The fraction of sp³-hybridized carbons (Fsp3) is 0.727. The predicted octanol–water partition coefficient (Wildman–Crippen LogP) is 1.41. The van der Waals surface area contributed by atoms with Crippen LogP contribution in [-0.4, -0.2) is 34.4 Å². The Morgan fingerprint density at radius 1 is 1.47 bits per heavy atom. The minimum Gasteiger partial charge on any atom is -0.395 e. The SMILES string of the molecule is OCC1CCCCCN1Cc1ccno1. The van der Waals surface area contributed by atoms with Gasteiger partial charge >= 0.3 is 0 Å². The second kappa shape index (κ2) is 5.28. The number of aromatic nitrogens is 1. The quantitative estimate of drug-likeness (QED) is 0.819. The van der Waals surface area contributed by atoms with Crippen molar-refractivity contribution in [2.75, 3.05) is 13.2 Å². The lowest BCUT2D eigenvalue weighted by Crippen LogP contribution is -2.36. The molecule has 0 aliphatic carbocycles. The Morgan fingerprint density at radius 3 is 3.13 bits per heavy atom. The maximum atomic E-state index is 9.33. The van der Waals surface area contributed by atoms with E-state index in [2.05, 4.69) is 10.1 Å². The van der Waals surface area contributed by atoms with E-state index in [1.54, 1.807) is 6.20 Å². The molecule has 4 heteroatoms. The first-order chi connectivity index (χ1) is 7.40. The van der Waals surface area contributed by atoms with Crippen LogP contribution in [0.25, 0.3) is 0 Å². The minimum atomic E-state index is 0.244. The molecule has 1 unspecified atom stereocenters. The van der Waals surface area contributed by atoms with Gasteiger partial charge < -0.3 is 9.63 Å². The number of aliphatic hydroxyl groups excluding tert-OH is 1. The molecule has 1 aliphatic heterocycles. The van der Waals surface area contributed by atoms with E-state index in [0.29, 0.717) is 0 Å². The fourth-order valence-corrected chi connectivity index (χ4v) is 2.18. The van der Waals surface area contributed by atoms with E-state index in [-0.39, 0.29) is 12.6 Å². The highest BCUT2D eigenvalue weighted by molar-refractivity contribution is 4.93. The zero-order chi connectivity index (χ0) is 10.5. The minimum absolute atomic E-state index is 0.244. The number of likely N-dealkylation sites (tertiary alicyclic amines) is 1. The highest BCUT2D eigenvalue weighted by atomic mass is 16.5. The Balaban J connectivity index is 1.97. The Labute approximate surface area is 89.9 Å². The van der Waals surface area contributed by atoms with Gasteiger partial charge in [-0.25, -0.2) is 0 Å². The van der Waals surface area contributed by atoms with Crippen LogP contribution in [0, 0.1) is 0 Å². The third-order valence-corrected chi connectivity index (χ3v) is 3.06. The molecule has 1 saturated heterocycles. The molecule has 0 aromatic carbocycles. The summed E-state index contributed by atoms with van der Waals surface area (Å²) in [6, 6.07) is 2.18. The highest BCUT2D eigenvalue weighted by Crippen LogP contribution is 2.18. The Hall–Kier alpha value is -0.870. The molecule has 1 N–H and O–H groups in total. The summed E-state index contributed by atoms with van der Waals surface area (Å²) < 4.78 is 5.10. The van der Waals surface area contributed by atoms with Gasteiger partial charge in [0.15, 0.2) is 5.76 Å². The largest absolute Gasteiger partial charge is 0.395 e. The summed E-state index contributed by atoms with van der Waals surface area (Å²) in [5, 5.41) is 13.0. The average molecular weight is 210 g/mol. The summed E-state index contributed by atoms with van der Waals surface area (Å²) in [5.41, 5.74) is 0. The second-order valence-corrected chi connectivity index (χ2v) is 4.13. The third kappa shape index (κ3) is 2.79. The van der Waals surface area contributed by atoms with Gasteiger partial charge in [-0.15, -0.1) is 0 Å². The van der Waals surface area contributed by atoms with Gasteiger partial charge in [0.25, 0.3) is 0 Å². The summed E-state index contributed by atoms with van der Waals surface area (Å²) >= 11 is 0. The molecule has 1 fully saturated rings. The first-order valence-electron chi connectivity index (χ1n) is 5.64. The van der Waals surface area contributed by atoms with Crippen LogP contribution in [0.1, 0.15) is 31.4 Å². The average Bonchev–Trinajstić information content (AvgIpc) is 2.64. The number of nitrogens with zero attached hydrogens (tertiary/aromatic N) is 2. The van der Waals surface area contributed by atoms with Crippen molar-refractivity contribution in [3.8, 4) is 0 Å². The van der Waals surface area contributed by atoms with E-state index in [9.17, 15) is 5.11 Å². The lowest BCUT2D eigenvalue weighted by Gasteiger charge is -2.27. The fourth-order valence-electron chi connectivity index (χ4n) is 2.18. The monoisotopic (exact) mass is 210 g/mol. The van der Waals surface area contributed by atoms with E-state index in [1.165, 1.54) is 19.3 Å². The van der Waals surface area contributed by atoms with Crippen LogP contribution in [0.2, 0.25) is 0 Å². The molecule has 1 aromatic heterocycles. The molecule has 2 rings (SSSR count). The zero-order valence-electron chi connectivity index (χ0n) is 8.93. The van der Waals surface area contributed by atoms with Crippen molar-refractivity contribution in [2.24, 2.45) is 0 Å². The van der Waals surface area contributed by atoms with Crippen molar-refractivity contribution in [2.45, 2.75) is 38.3 Å². The van der Waals surface area contributed by atoms with Gasteiger partial charge in [-0.2, -0.15) is 0 Å². The summed E-state index contributed by atoms with van der Waals surface area (Å²) in [7, 11) is 0. The normalized spacial score (nSPS) is 23.9. The first kappa shape index (κ1) is 10.6. The van der Waals surface area contributed by atoms with Gasteiger partial charge in [0.2, 0.25) is 0 Å². The molecule has 1 atom stereocenters. The van der Waals surface area contributed by atoms with E-state index >= 15 is 0 Å². The topological polar surface area (TPSA) is 49.5 Å². The van der Waals surface area contributed by atoms with Crippen molar-refractivity contribution in [3.63, 3.8) is 0 Å². The second-order valence-electron chi connectivity index (χ2n) is 4.13. The highest BCUT2D eigenvalue weighted by Gasteiger charge is 2.21. The lowest BCUT2D eigenvalue weighted by molar-refractivity contribution is 0.109. The molecule has 0 saturated carbocycles. The van der Waals surface area contributed by atoms with Gasteiger partial charge in [0.1, 0.15) is 0 Å². The van der Waals surface area contributed by atoms with E-state index in [0.717, 1.165) is 25.3 Å². The van der Waals surface area contributed by atoms with Crippen molar-refractivity contribution >= 4 is 0 Å². The van der Waals surface area contributed by atoms with E-state index in [1.807, 2.05) is 6.07 Å². The van der Waals surface area contributed by atoms with Gasteiger partial charge in [0, 0.05) is 12.1 Å². The van der Waals surface area contributed by atoms with Crippen LogP contribution in [0.15, 0.2) is 16.8 Å². The maximum absolute atomic E-state index is 9.33. The third-order valence-electron chi connectivity index (χ3n) is 3.06. The van der Waals surface area contributed by atoms with Crippen molar-refractivity contribution < 1.29 is 9.63 Å². The number of aliphatic hydroxyl groups is 1. The summed E-state index contributed by atoms with van der Waals surface area (Å²) in [6.07, 6.45) is 6.46. The molecular weight excluding hydrogens is 192 g/mol. The molecule has 15 heavy (non-hydrogen) atoms. The number of hydrogen-bond donors (Lipinski definition) is 1. The molecule has 0 bridgehead atoms. The van der Waals surface area contributed by atoms with Crippen LogP contribution >= 0.6 is 0 Å². The standard InChI is InChI=1S/C11H18N2O2/c14-9-10-4-2-1-3-7-13(10)8-11-5-6-12-15-11/h5-6,10,14H,1-4,7-9H2. The Bertz CT molecular complexity index is 274. The smallest absolute Gasteiger partial charge is 0.150 e. The van der Waals surface area contributed by atoms with Gasteiger partial charge in [-0.3, -0.25) is 4.90 Å². The number of rotatable bonds is 3. The molecule has 0 amide bonds. The molecule has 0 spiro atoms. The molecule has 1 aliphatic rings. The zero-order valence-corrected chi connectivity index (χ0v) is 8.93. The summed E-state index contributed by atoms with van der Waals surface area (Å²) in [5.74, 6) is 0.885. The number of hydrogen-bond acceptors (Lipinski definition) is 4. The molecule has 84 valence electrons. The maximum Gasteiger partial charge on any atom is 0.150 e. The Morgan fingerprint density at radius 2 is 2.40 bits per heavy atom. The van der Waals surface area contributed by atoms with Crippen molar-refractivity contribution in [1.29, 1.82) is 0 Å². The Kier molecular flexibility index (Phi) is 3.75. The lowest BCUT2D eigenvalue weighted by atomic mass is 10.1. The molecule has 4 nitrogen and oxygen atoms in total. The first-order valence-corrected chi connectivity index (χ1v) is 5.64. The van der Waals surface area contributed by atoms with Crippen molar-refractivity contribution in [3.05, 3.63) is 18.0 Å². The van der Waals surface area contributed by atoms with Crippen LogP contribution in [0.5, 0.6) is 0 Å². The van der Waals surface area contributed by atoms with Crippen LogP contribution in [0.3, 0.4) is 0 Å². The summed E-state index contributed by atoms with van der Waals surface area (Å²) in [4.78, 5) is 2.30. The molecule has 1 aromatic rings. The molecular formula is C11H18N2O2. The van der Waals surface area contributed by atoms with Crippen LogP contribution in [-0.2, 0) is 6.54 Å². The molecule has 0 radical (unpaired) electrons. The van der Waals surface area contributed by atoms with Crippen molar-refractivity contribution in [1.82, 2.24) is 10.1 Å². The van der Waals surface area contributed by atoms with Gasteiger partial charge in [0.05, 0.1) is 19.3 Å². The van der Waals surface area contributed by atoms with Gasteiger partial charge in [-0.1, -0.05) is 18.0 Å².